The monoisotopic (exact) mass is 433 g/mol. The second-order valence-corrected chi connectivity index (χ2v) is 7.14. The molecule has 1 rings (SSSR count). The van der Waals surface area contributed by atoms with Crippen molar-refractivity contribution in [2.24, 2.45) is 11.5 Å². The molecule has 164 valence electrons. The van der Waals surface area contributed by atoms with Crippen molar-refractivity contribution in [2.75, 3.05) is 12.3 Å². The molecular weight excluding hydrogens is 406 g/mol. The molecule has 0 aromatic heterocycles. The molecule has 5 atom stereocenters. The van der Waals surface area contributed by atoms with Crippen LogP contribution in [-0.2, 0) is 24.0 Å². The van der Waals surface area contributed by atoms with Gasteiger partial charge >= 0.3 is 5.97 Å². The molecule has 0 bridgehead atoms. The molecule has 0 saturated carbocycles. The predicted molar refractivity (Wildman–Crippen MR) is 104 cm³/mol. The van der Waals surface area contributed by atoms with Crippen LogP contribution in [0.25, 0.3) is 0 Å². The quantitative estimate of drug-likeness (QED) is 0.172. The molecule has 0 radical (unpaired) electrons. The number of thiol groups is 1. The van der Waals surface area contributed by atoms with Gasteiger partial charge in [-0.2, -0.15) is 12.6 Å². The Kier molecular flexibility index (Phi) is 9.33. The fourth-order valence-corrected chi connectivity index (χ4v) is 3.15. The number of aliphatic hydroxyl groups is 1. The van der Waals surface area contributed by atoms with E-state index in [9.17, 15) is 34.2 Å². The molecule has 13 heteroatoms. The van der Waals surface area contributed by atoms with Gasteiger partial charge in [0.2, 0.25) is 23.6 Å². The first-order valence-corrected chi connectivity index (χ1v) is 9.59. The highest BCUT2D eigenvalue weighted by molar-refractivity contribution is 7.80. The summed E-state index contributed by atoms with van der Waals surface area (Å²) in [5.74, 6) is -4.52. The van der Waals surface area contributed by atoms with E-state index in [0.29, 0.717) is 6.42 Å². The molecule has 1 heterocycles. The topological polar surface area (TPSA) is 205 Å². The van der Waals surface area contributed by atoms with E-state index in [1.807, 2.05) is 0 Å². The highest BCUT2D eigenvalue weighted by Crippen LogP contribution is 2.19. The Hall–Kier alpha value is -2.38. The van der Waals surface area contributed by atoms with Crippen molar-refractivity contribution in [1.29, 1.82) is 0 Å². The van der Waals surface area contributed by atoms with Gasteiger partial charge in [-0.3, -0.25) is 19.2 Å². The third kappa shape index (κ3) is 6.87. The van der Waals surface area contributed by atoms with E-state index >= 15 is 0 Å². The lowest BCUT2D eigenvalue weighted by molar-refractivity contribution is -0.150. The first-order valence-electron chi connectivity index (χ1n) is 8.96. The van der Waals surface area contributed by atoms with Crippen LogP contribution in [0, 0.1) is 0 Å². The molecule has 1 aliphatic rings. The van der Waals surface area contributed by atoms with E-state index in [1.54, 1.807) is 0 Å². The van der Waals surface area contributed by atoms with Crippen LogP contribution in [0.1, 0.15) is 26.2 Å². The average Bonchev–Trinajstić information content (AvgIpc) is 3.12. The van der Waals surface area contributed by atoms with Gasteiger partial charge in [-0.15, -0.1) is 0 Å². The second kappa shape index (κ2) is 11.0. The maximum atomic E-state index is 12.7. The van der Waals surface area contributed by atoms with Crippen LogP contribution < -0.4 is 22.1 Å². The van der Waals surface area contributed by atoms with E-state index in [1.165, 1.54) is 6.92 Å². The Morgan fingerprint density at radius 3 is 2.31 bits per heavy atom. The van der Waals surface area contributed by atoms with Gasteiger partial charge in [0.15, 0.2) is 0 Å². The van der Waals surface area contributed by atoms with Crippen molar-refractivity contribution >= 4 is 42.2 Å². The van der Waals surface area contributed by atoms with Crippen molar-refractivity contribution in [1.82, 2.24) is 15.5 Å². The third-order valence-electron chi connectivity index (χ3n) is 4.44. The molecule has 1 fully saturated rings. The van der Waals surface area contributed by atoms with Gasteiger partial charge in [0, 0.05) is 12.3 Å². The number of hydrogen-bond donors (Lipinski definition) is 7. The normalized spacial score (nSPS) is 20.3. The van der Waals surface area contributed by atoms with Crippen LogP contribution in [0.3, 0.4) is 0 Å². The minimum Gasteiger partial charge on any atom is -0.480 e. The Morgan fingerprint density at radius 1 is 1.21 bits per heavy atom. The van der Waals surface area contributed by atoms with E-state index in [-0.39, 0.29) is 18.7 Å². The third-order valence-corrected chi connectivity index (χ3v) is 4.81. The van der Waals surface area contributed by atoms with Crippen molar-refractivity contribution in [3.63, 3.8) is 0 Å². The number of amides is 4. The Balaban J connectivity index is 2.84. The number of carbonyl (C=O) groups is 5. The van der Waals surface area contributed by atoms with Gasteiger partial charge in [-0.05, 0) is 19.8 Å². The summed E-state index contributed by atoms with van der Waals surface area (Å²) in [5.41, 5.74) is 10.5. The van der Waals surface area contributed by atoms with E-state index in [4.69, 9.17) is 11.5 Å². The number of aliphatic carboxylic acids is 1. The number of carboxylic acid groups (broad SMARTS) is 1. The van der Waals surface area contributed by atoms with Gasteiger partial charge in [-0.25, -0.2) is 4.79 Å². The number of nitrogens with zero attached hydrogens (tertiary/aromatic N) is 1. The van der Waals surface area contributed by atoms with Crippen LogP contribution in [0.15, 0.2) is 0 Å². The first-order chi connectivity index (χ1) is 13.5. The number of nitrogens with one attached hydrogen (secondary N) is 2. The zero-order valence-corrected chi connectivity index (χ0v) is 16.8. The summed E-state index contributed by atoms with van der Waals surface area (Å²) >= 11 is 3.98. The summed E-state index contributed by atoms with van der Waals surface area (Å²) in [6.07, 6.45) is -0.993. The summed E-state index contributed by atoms with van der Waals surface area (Å²) in [6.45, 7) is 1.45. The predicted octanol–water partition coefficient (Wildman–Crippen LogP) is -3.46. The van der Waals surface area contributed by atoms with Crippen molar-refractivity contribution < 1.29 is 34.2 Å². The zero-order valence-electron chi connectivity index (χ0n) is 15.9. The minimum absolute atomic E-state index is 0.164. The largest absolute Gasteiger partial charge is 0.480 e. The standard InChI is InChI=1S/C16H27N5O7S/c1-7(22)12(15(26)21-4-2-3-10(21)16(27)28)20-14(25)9(6-29)19-13(24)8(17)5-11(18)23/h7-10,12,22,29H,2-6,17H2,1H3,(H2,18,23)(H,19,24)(H,20,25)(H,27,28). The summed E-state index contributed by atoms with van der Waals surface area (Å²) in [6, 6.07) is -4.93. The Bertz CT molecular complexity index is 660. The van der Waals surface area contributed by atoms with Crippen LogP contribution in [0.5, 0.6) is 0 Å². The number of primary amides is 1. The lowest BCUT2D eigenvalue weighted by Gasteiger charge is -2.30. The lowest BCUT2D eigenvalue weighted by atomic mass is 10.1. The van der Waals surface area contributed by atoms with E-state index in [0.717, 1.165) is 4.90 Å². The summed E-state index contributed by atoms with van der Waals surface area (Å²) < 4.78 is 0. The molecule has 1 aliphatic heterocycles. The maximum absolute atomic E-state index is 12.7. The highest BCUT2D eigenvalue weighted by Gasteiger charge is 2.39. The number of likely N-dealkylation sites (tertiary alicyclic amines) is 1. The smallest absolute Gasteiger partial charge is 0.326 e. The van der Waals surface area contributed by atoms with Crippen LogP contribution in [-0.4, -0.2) is 87.3 Å². The fourth-order valence-electron chi connectivity index (χ4n) is 2.89. The molecule has 0 spiro atoms. The van der Waals surface area contributed by atoms with Crippen LogP contribution in [0.4, 0.5) is 0 Å². The van der Waals surface area contributed by atoms with Gasteiger partial charge in [-0.1, -0.05) is 0 Å². The number of carbonyl (C=O) groups excluding carboxylic acids is 4. The van der Waals surface area contributed by atoms with E-state index in [2.05, 4.69) is 23.3 Å². The lowest BCUT2D eigenvalue weighted by Crippen LogP contribution is -2.60. The molecular formula is C16H27N5O7S. The molecule has 1 saturated heterocycles. The number of rotatable bonds is 10. The summed E-state index contributed by atoms with van der Waals surface area (Å²) in [5, 5.41) is 23.8. The molecule has 0 aliphatic carbocycles. The van der Waals surface area contributed by atoms with Gasteiger partial charge in [0.1, 0.15) is 18.1 Å². The van der Waals surface area contributed by atoms with Gasteiger partial charge < -0.3 is 37.2 Å². The van der Waals surface area contributed by atoms with Crippen LogP contribution in [0.2, 0.25) is 0 Å². The molecule has 5 unspecified atom stereocenters. The Labute approximate surface area is 172 Å². The number of nitrogens with two attached hydrogens (primary N) is 2. The summed E-state index contributed by atoms with van der Waals surface area (Å²) in [4.78, 5) is 60.4. The first kappa shape index (κ1) is 24.7. The number of hydrogen-bond acceptors (Lipinski definition) is 8. The van der Waals surface area contributed by atoms with Crippen molar-refractivity contribution in [3.05, 3.63) is 0 Å². The molecule has 4 amide bonds. The van der Waals surface area contributed by atoms with Gasteiger partial charge in [0.05, 0.1) is 18.6 Å². The Morgan fingerprint density at radius 2 is 1.83 bits per heavy atom. The highest BCUT2D eigenvalue weighted by atomic mass is 32.1. The zero-order chi connectivity index (χ0) is 22.3. The molecule has 0 aromatic carbocycles. The van der Waals surface area contributed by atoms with Gasteiger partial charge in [0.25, 0.3) is 0 Å². The average molecular weight is 433 g/mol. The van der Waals surface area contributed by atoms with Crippen molar-refractivity contribution in [3.8, 4) is 0 Å². The SMILES string of the molecule is CC(O)C(NC(=O)C(CS)NC(=O)C(N)CC(N)=O)C(=O)N1CCCC1C(=O)O. The van der Waals surface area contributed by atoms with Crippen molar-refractivity contribution in [2.45, 2.75) is 56.5 Å². The fraction of sp³-hybridized carbons (Fsp3) is 0.688. The maximum Gasteiger partial charge on any atom is 0.326 e. The number of aliphatic hydroxyl groups excluding tert-OH is 1. The molecule has 12 nitrogen and oxygen atoms in total. The second-order valence-electron chi connectivity index (χ2n) is 6.78. The summed E-state index contributed by atoms with van der Waals surface area (Å²) in [7, 11) is 0. The molecule has 8 N–H and O–H groups in total. The minimum atomic E-state index is -1.42. The van der Waals surface area contributed by atoms with Crippen LogP contribution >= 0.6 is 12.6 Å². The molecule has 0 aromatic rings. The number of carboxylic acids is 1. The molecule has 29 heavy (non-hydrogen) atoms. The van der Waals surface area contributed by atoms with E-state index < -0.39 is 66.3 Å².